The maximum absolute atomic E-state index is 14.1. The molecule has 6 nitrogen and oxygen atoms in total. The van der Waals surface area contributed by atoms with Crippen LogP contribution in [0, 0.1) is 17.0 Å². The van der Waals surface area contributed by atoms with Gasteiger partial charge in [0, 0.05) is 41.2 Å². The molecule has 1 saturated carbocycles. The minimum absolute atomic E-state index is 0.133. The lowest BCUT2D eigenvalue weighted by atomic mass is 9.74. The van der Waals surface area contributed by atoms with Crippen molar-refractivity contribution in [1.82, 2.24) is 10.2 Å². The zero-order valence-electron chi connectivity index (χ0n) is 20.8. The van der Waals surface area contributed by atoms with E-state index in [2.05, 4.69) is 5.32 Å². The second-order valence-corrected chi connectivity index (χ2v) is 10.4. The number of aliphatic hydroxyl groups is 1. The lowest BCUT2D eigenvalue weighted by Gasteiger charge is -2.51. The fourth-order valence-corrected chi connectivity index (χ4v) is 5.87. The van der Waals surface area contributed by atoms with Crippen LogP contribution in [0.2, 0.25) is 5.02 Å². The van der Waals surface area contributed by atoms with E-state index >= 15 is 0 Å². The first-order valence-corrected chi connectivity index (χ1v) is 12.8. The molecule has 3 aromatic carbocycles. The number of amides is 2. The van der Waals surface area contributed by atoms with Gasteiger partial charge in [0.25, 0.3) is 11.8 Å². The molecule has 9 heteroatoms. The fourth-order valence-electron chi connectivity index (χ4n) is 5.60. The van der Waals surface area contributed by atoms with E-state index in [-0.39, 0.29) is 39.4 Å². The number of benzene rings is 3. The highest BCUT2D eigenvalue weighted by Gasteiger charge is 2.53. The van der Waals surface area contributed by atoms with E-state index in [0.29, 0.717) is 35.5 Å². The van der Waals surface area contributed by atoms with Gasteiger partial charge in [-0.25, -0.2) is 8.78 Å². The molecule has 38 heavy (non-hydrogen) atoms. The summed E-state index contributed by atoms with van der Waals surface area (Å²) in [6.45, 7) is 0.499. The van der Waals surface area contributed by atoms with Crippen LogP contribution in [0.4, 0.5) is 8.78 Å². The van der Waals surface area contributed by atoms with Crippen molar-refractivity contribution in [2.75, 3.05) is 20.2 Å². The van der Waals surface area contributed by atoms with Crippen molar-refractivity contribution >= 4 is 23.4 Å². The number of ether oxygens (including phenoxy) is 1. The van der Waals surface area contributed by atoms with Gasteiger partial charge in [-0.1, -0.05) is 30.2 Å². The van der Waals surface area contributed by atoms with Crippen LogP contribution in [0.5, 0.6) is 5.75 Å². The van der Waals surface area contributed by atoms with Gasteiger partial charge >= 0.3 is 0 Å². The van der Waals surface area contributed by atoms with Crippen LogP contribution in [-0.2, 0) is 6.61 Å². The van der Waals surface area contributed by atoms with Crippen LogP contribution < -0.4 is 10.1 Å². The highest BCUT2D eigenvalue weighted by Crippen LogP contribution is 2.46. The molecule has 0 radical (unpaired) electrons. The van der Waals surface area contributed by atoms with Gasteiger partial charge in [0.15, 0.2) is 0 Å². The van der Waals surface area contributed by atoms with Gasteiger partial charge in [-0.3, -0.25) is 9.59 Å². The Morgan fingerprint density at radius 3 is 2.61 bits per heavy atom. The van der Waals surface area contributed by atoms with Crippen molar-refractivity contribution in [1.29, 1.82) is 0 Å². The van der Waals surface area contributed by atoms with Crippen LogP contribution in [0.1, 0.15) is 45.5 Å². The number of rotatable bonds is 6. The molecule has 2 fully saturated rings. The Bertz CT molecular complexity index is 1410. The summed E-state index contributed by atoms with van der Waals surface area (Å²) in [5.41, 5.74) is 1.59. The van der Waals surface area contributed by atoms with E-state index in [1.165, 1.54) is 37.4 Å². The summed E-state index contributed by atoms with van der Waals surface area (Å²) in [5, 5.41) is 12.5. The maximum Gasteiger partial charge on any atom is 0.253 e. The predicted octanol–water partition coefficient (Wildman–Crippen LogP) is 5.21. The number of nitrogens with one attached hydrogen (secondary N) is 1. The van der Waals surface area contributed by atoms with Gasteiger partial charge in [-0.15, -0.1) is 0 Å². The molecule has 2 amide bonds. The van der Waals surface area contributed by atoms with Crippen LogP contribution in [0.15, 0.2) is 54.6 Å². The van der Waals surface area contributed by atoms with Crippen molar-refractivity contribution in [3.8, 4) is 16.9 Å². The molecule has 0 aromatic heterocycles. The molecule has 0 bridgehead atoms. The normalized spacial score (nSPS) is 17.8. The summed E-state index contributed by atoms with van der Waals surface area (Å²) in [5.74, 6) is -1.12. The standard InChI is InChI=1S/C29H27ClF2N2O4/c1-38-25-9-7-20(31)13-22(25)17-6-8-21(23(30)11-17)27(36)33-26-3-2-10-29(26)15-34(16-29)28(37)18-4-5-19(14-35)24(32)12-18/h4-9,11-13,26,35H,2-3,10,14-16H2,1H3,(H,33,36). The molecule has 2 N–H and O–H groups in total. The number of carbonyl (C=O) groups excluding carboxylic acids is 2. The van der Waals surface area contributed by atoms with Crippen molar-refractivity contribution in [3.05, 3.63) is 87.9 Å². The molecule has 1 spiro atoms. The second kappa shape index (κ2) is 10.3. The molecule has 198 valence electrons. The van der Waals surface area contributed by atoms with Gasteiger partial charge in [0.2, 0.25) is 0 Å². The van der Waals surface area contributed by atoms with Crippen molar-refractivity contribution in [2.24, 2.45) is 5.41 Å². The largest absolute Gasteiger partial charge is 0.496 e. The SMILES string of the molecule is COc1ccc(F)cc1-c1ccc(C(=O)NC2CCCC23CN(C(=O)c2ccc(CO)c(F)c2)C3)c(Cl)c1. The molecule has 5 rings (SSSR count). The molecule has 3 aromatic rings. The number of hydrogen-bond donors (Lipinski definition) is 2. The van der Waals surface area contributed by atoms with E-state index in [4.69, 9.17) is 21.4 Å². The zero-order chi connectivity index (χ0) is 27.0. The zero-order valence-corrected chi connectivity index (χ0v) is 21.5. The van der Waals surface area contributed by atoms with E-state index in [0.717, 1.165) is 25.3 Å². The quantitative estimate of drug-likeness (QED) is 0.450. The van der Waals surface area contributed by atoms with E-state index < -0.39 is 18.2 Å². The molecular formula is C29H27ClF2N2O4. The summed E-state index contributed by atoms with van der Waals surface area (Å²) in [4.78, 5) is 27.7. The molecular weight excluding hydrogens is 514 g/mol. The Kier molecular flexibility index (Phi) is 7.11. The molecule has 2 aliphatic rings. The molecule has 1 unspecified atom stereocenters. The summed E-state index contributed by atoms with van der Waals surface area (Å²) >= 11 is 6.49. The average Bonchev–Trinajstić information content (AvgIpc) is 3.30. The highest BCUT2D eigenvalue weighted by molar-refractivity contribution is 6.34. The lowest BCUT2D eigenvalue weighted by Crippen LogP contribution is -2.64. The van der Waals surface area contributed by atoms with Crippen LogP contribution >= 0.6 is 11.6 Å². The van der Waals surface area contributed by atoms with Crippen molar-refractivity contribution in [2.45, 2.75) is 31.9 Å². The lowest BCUT2D eigenvalue weighted by molar-refractivity contribution is -0.00437. The first kappa shape index (κ1) is 26.1. The van der Waals surface area contributed by atoms with Gasteiger partial charge in [0.1, 0.15) is 17.4 Å². The Morgan fingerprint density at radius 2 is 1.92 bits per heavy atom. The first-order chi connectivity index (χ1) is 18.2. The Hall–Kier alpha value is -3.49. The van der Waals surface area contributed by atoms with E-state index in [1.54, 1.807) is 23.1 Å². The van der Waals surface area contributed by atoms with Gasteiger partial charge < -0.3 is 20.1 Å². The Balaban J connectivity index is 1.27. The van der Waals surface area contributed by atoms with Crippen molar-refractivity contribution in [3.63, 3.8) is 0 Å². The number of aliphatic hydroxyl groups excluding tert-OH is 1. The highest BCUT2D eigenvalue weighted by atomic mass is 35.5. The number of likely N-dealkylation sites (tertiary alicyclic amines) is 1. The molecule has 1 atom stereocenters. The average molecular weight is 541 g/mol. The van der Waals surface area contributed by atoms with Crippen LogP contribution in [0.3, 0.4) is 0 Å². The monoisotopic (exact) mass is 540 g/mol. The van der Waals surface area contributed by atoms with Gasteiger partial charge in [-0.05, 0) is 60.9 Å². The molecule has 1 heterocycles. The fraction of sp³-hybridized carbons (Fsp3) is 0.310. The second-order valence-electron chi connectivity index (χ2n) is 9.95. The Labute approximate surface area is 224 Å². The summed E-state index contributed by atoms with van der Waals surface area (Å²) in [6.07, 6.45) is 2.56. The van der Waals surface area contributed by atoms with E-state index in [9.17, 15) is 18.4 Å². The number of nitrogens with zero attached hydrogens (tertiary/aromatic N) is 1. The molecule has 1 aliphatic carbocycles. The van der Waals surface area contributed by atoms with Gasteiger partial charge in [-0.2, -0.15) is 0 Å². The third-order valence-corrected chi connectivity index (χ3v) is 7.98. The summed E-state index contributed by atoms with van der Waals surface area (Å²) in [6, 6.07) is 13.1. The van der Waals surface area contributed by atoms with Crippen LogP contribution in [-0.4, -0.2) is 48.1 Å². The minimum Gasteiger partial charge on any atom is -0.496 e. The smallest absolute Gasteiger partial charge is 0.253 e. The molecule has 1 aliphatic heterocycles. The first-order valence-electron chi connectivity index (χ1n) is 12.4. The number of carbonyl (C=O) groups is 2. The number of methoxy groups -OCH3 is 1. The third kappa shape index (κ3) is 4.74. The van der Waals surface area contributed by atoms with Crippen molar-refractivity contribution < 1.29 is 28.2 Å². The summed E-state index contributed by atoms with van der Waals surface area (Å²) in [7, 11) is 1.50. The predicted molar refractivity (Wildman–Crippen MR) is 139 cm³/mol. The topological polar surface area (TPSA) is 78.9 Å². The van der Waals surface area contributed by atoms with Crippen LogP contribution in [0.25, 0.3) is 11.1 Å². The summed E-state index contributed by atoms with van der Waals surface area (Å²) < 4.78 is 33.2. The number of hydrogen-bond acceptors (Lipinski definition) is 4. The minimum atomic E-state index is -0.613. The van der Waals surface area contributed by atoms with E-state index in [1.807, 2.05) is 0 Å². The maximum atomic E-state index is 14.1. The third-order valence-electron chi connectivity index (χ3n) is 7.67. The number of halogens is 3. The Morgan fingerprint density at radius 1 is 1.13 bits per heavy atom. The molecule has 1 saturated heterocycles. The van der Waals surface area contributed by atoms with Gasteiger partial charge in [0.05, 0.1) is 24.3 Å².